The van der Waals surface area contributed by atoms with Crippen molar-refractivity contribution in [1.82, 2.24) is 14.5 Å². The molecule has 0 bridgehead atoms. The van der Waals surface area contributed by atoms with Crippen LogP contribution < -0.4 is 10.5 Å². The predicted octanol–water partition coefficient (Wildman–Crippen LogP) is 2.71. The lowest BCUT2D eigenvalue weighted by Crippen LogP contribution is -2.50. The number of aryl methyl sites for hydroxylation is 1. The molecule has 0 unspecified atom stereocenters. The van der Waals surface area contributed by atoms with Crippen LogP contribution in [0.5, 0.6) is 0 Å². The van der Waals surface area contributed by atoms with E-state index in [-0.39, 0.29) is 23.8 Å². The maximum Gasteiger partial charge on any atom is 0.254 e. The molecule has 1 fully saturated rings. The number of halogens is 1. The number of carbonyl (C=O) groups excluding carboxylic acids is 1. The summed E-state index contributed by atoms with van der Waals surface area (Å²) in [5.74, 6) is 0.122. The number of nitrogens with zero attached hydrogens (tertiary/aromatic N) is 4. The van der Waals surface area contributed by atoms with Crippen LogP contribution in [0.1, 0.15) is 5.69 Å². The first-order valence-electron chi connectivity index (χ1n) is 9.93. The second kappa shape index (κ2) is 8.49. The summed E-state index contributed by atoms with van der Waals surface area (Å²) in [5, 5.41) is 0. The Kier molecular flexibility index (Phi) is 5.61. The van der Waals surface area contributed by atoms with Crippen LogP contribution in [0.3, 0.4) is 0 Å². The van der Waals surface area contributed by atoms with Crippen LogP contribution in [0.15, 0.2) is 65.5 Å². The highest BCUT2D eigenvalue weighted by atomic mass is 19.1. The van der Waals surface area contributed by atoms with Gasteiger partial charge in [0.15, 0.2) is 0 Å². The summed E-state index contributed by atoms with van der Waals surface area (Å²) in [7, 11) is 0. The van der Waals surface area contributed by atoms with Gasteiger partial charge in [-0.3, -0.25) is 14.2 Å². The molecule has 0 radical (unpaired) electrons. The fourth-order valence-electron chi connectivity index (χ4n) is 3.68. The monoisotopic (exact) mass is 406 g/mol. The minimum absolute atomic E-state index is 0.0487. The van der Waals surface area contributed by atoms with Gasteiger partial charge in [-0.2, -0.15) is 0 Å². The van der Waals surface area contributed by atoms with Crippen molar-refractivity contribution in [2.24, 2.45) is 0 Å². The van der Waals surface area contributed by atoms with Gasteiger partial charge in [-0.25, -0.2) is 9.37 Å². The van der Waals surface area contributed by atoms with E-state index in [4.69, 9.17) is 0 Å². The number of rotatable bonds is 4. The second-order valence-electron chi connectivity index (χ2n) is 7.36. The Hall–Kier alpha value is -3.48. The first-order valence-corrected chi connectivity index (χ1v) is 9.93. The van der Waals surface area contributed by atoms with Gasteiger partial charge in [-0.1, -0.05) is 30.3 Å². The predicted molar refractivity (Wildman–Crippen MR) is 114 cm³/mol. The summed E-state index contributed by atoms with van der Waals surface area (Å²) in [6.07, 6.45) is 0. The summed E-state index contributed by atoms with van der Waals surface area (Å²) < 4.78 is 14.6. The number of benzene rings is 2. The third-order valence-electron chi connectivity index (χ3n) is 5.29. The highest BCUT2D eigenvalue weighted by molar-refractivity contribution is 5.77. The van der Waals surface area contributed by atoms with Crippen molar-refractivity contribution in [3.63, 3.8) is 0 Å². The third-order valence-corrected chi connectivity index (χ3v) is 5.29. The molecular formula is C23H23FN4O2. The van der Waals surface area contributed by atoms with Crippen LogP contribution in [0.4, 0.5) is 10.1 Å². The number of amides is 1. The zero-order valence-electron chi connectivity index (χ0n) is 16.8. The molecule has 1 amide bonds. The molecule has 0 aliphatic carbocycles. The summed E-state index contributed by atoms with van der Waals surface area (Å²) in [5.41, 5.74) is 2.12. The molecule has 0 spiro atoms. The molecule has 1 aliphatic rings. The first-order chi connectivity index (χ1) is 14.5. The molecule has 1 aliphatic heterocycles. The van der Waals surface area contributed by atoms with Gasteiger partial charge < -0.3 is 9.80 Å². The van der Waals surface area contributed by atoms with Crippen molar-refractivity contribution >= 4 is 11.6 Å². The minimum atomic E-state index is -0.265. The number of piperazine rings is 1. The van der Waals surface area contributed by atoms with Gasteiger partial charge >= 0.3 is 0 Å². The standard InChI is InChI=1S/C23H23FN4O2/c1-17-15-21(29)28(23(25-17)18-5-3-2-4-6-18)16-22(30)27-13-11-26(12-14-27)20-9-7-19(24)8-10-20/h2-10,15H,11-14,16H2,1H3. The van der Waals surface area contributed by atoms with E-state index in [9.17, 15) is 14.0 Å². The molecular weight excluding hydrogens is 383 g/mol. The molecule has 1 saturated heterocycles. The van der Waals surface area contributed by atoms with Gasteiger partial charge in [0.1, 0.15) is 18.2 Å². The van der Waals surface area contributed by atoms with E-state index in [1.54, 1.807) is 24.0 Å². The number of anilines is 1. The lowest BCUT2D eigenvalue weighted by molar-refractivity contribution is -0.132. The quantitative estimate of drug-likeness (QED) is 0.669. The number of hydrogen-bond acceptors (Lipinski definition) is 4. The SMILES string of the molecule is Cc1cc(=O)n(CC(=O)N2CCN(c3ccc(F)cc3)CC2)c(-c2ccccc2)n1. The Bertz CT molecular complexity index is 1090. The normalized spacial score (nSPS) is 14.1. The Morgan fingerprint density at radius 2 is 1.67 bits per heavy atom. The third kappa shape index (κ3) is 4.25. The Morgan fingerprint density at radius 1 is 1.00 bits per heavy atom. The van der Waals surface area contributed by atoms with Crippen molar-refractivity contribution in [3.8, 4) is 11.4 Å². The molecule has 0 saturated carbocycles. The number of carbonyl (C=O) groups is 1. The Balaban J connectivity index is 1.49. The van der Waals surface area contributed by atoms with E-state index < -0.39 is 0 Å². The zero-order chi connectivity index (χ0) is 21.1. The number of hydrogen-bond donors (Lipinski definition) is 0. The zero-order valence-corrected chi connectivity index (χ0v) is 16.8. The van der Waals surface area contributed by atoms with E-state index in [2.05, 4.69) is 9.88 Å². The highest BCUT2D eigenvalue weighted by Crippen LogP contribution is 2.18. The molecule has 1 aromatic heterocycles. The summed E-state index contributed by atoms with van der Waals surface area (Å²) in [6.45, 7) is 4.13. The van der Waals surface area contributed by atoms with E-state index in [1.165, 1.54) is 22.8 Å². The average Bonchev–Trinajstić information content (AvgIpc) is 2.76. The highest BCUT2D eigenvalue weighted by Gasteiger charge is 2.23. The lowest BCUT2D eigenvalue weighted by Gasteiger charge is -2.36. The van der Waals surface area contributed by atoms with Crippen molar-refractivity contribution < 1.29 is 9.18 Å². The topological polar surface area (TPSA) is 58.4 Å². The Labute approximate surface area is 174 Å². The largest absolute Gasteiger partial charge is 0.368 e. The van der Waals surface area contributed by atoms with Crippen molar-refractivity contribution in [1.29, 1.82) is 0 Å². The number of aromatic nitrogens is 2. The molecule has 2 aromatic carbocycles. The van der Waals surface area contributed by atoms with Crippen molar-refractivity contribution in [3.05, 3.63) is 82.5 Å². The van der Waals surface area contributed by atoms with E-state index in [1.807, 2.05) is 30.3 Å². The first kappa shape index (κ1) is 19.8. The Morgan fingerprint density at radius 3 is 2.33 bits per heavy atom. The molecule has 0 N–H and O–H groups in total. The molecule has 7 heteroatoms. The molecule has 30 heavy (non-hydrogen) atoms. The maximum atomic E-state index is 13.1. The molecule has 2 heterocycles. The van der Waals surface area contributed by atoms with Crippen molar-refractivity contribution in [2.45, 2.75) is 13.5 Å². The lowest BCUT2D eigenvalue weighted by atomic mass is 10.2. The van der Waals surface area contributed by atoms with E-state index in [0.29, 0.717) is 37.7 Å². The van der Waals surface area contributed by atoms with Gasteiger partial charge in [-0.15, -0.1) is 0 Å². The van der Waals surface area contributed by atoms with Crippen LogP contribution >= 0.6 is 0 Å². The summed E-state index contributed by atoms with van der Waals surface area (Å²) in [4.78, 5) is 34.0. The van der Waals surface area contributed by atoms with Gasteiger partial charge in [0.2, 0.25) is 5.91 Å². The fourth-order valence-corrected chi connectivity index (χ4v) is 3.68. The fraction of sp³-hybridized carbons (Fsp3) is 0.261. The van der Waals surface area contributed by atoms with Crippen LogP contribution in [-0.2, 0) is 11.3 Å². The van der Waals surface area contributed by atoms with Crippen LogP contribution in [-0.4, -0.2) is 46.5 Å². The van der Waals surface area contributed by atoms with Crippen LogP contribution in [0.2, 0.25) is 0 Å². The van der Waals surface area contributed by atoms with Gasteiger partial charge in [0, 0.05) is 49.2 Å². The van der Waals surface area contributed by atoms with E-state index in [0.717, 1.165) is 11.3 Å². The van der Waals surface area contributed by atoms with Gasteiger partial charge in [0.25, 0.3) is 5.56 Å². The molecule has 154 valence electrons. The summed E-state index contributed by atoms with van der Waals surface area (Å²) >= 11 is 0. The van der Waals surface area contributed by atoms with Crippen molar-refractivity contribution in [2.75, 3.05) is 31.1 Å². The van der Waals surface area contributed by atoms with E-state index >= 15 is 0 Å². The molecule has 6 nitrogen and oxygen atoms in total. The van der Waals surface area contributed by atoms with Gasteiger partial charge in [-0.05, 0) is 31.2 Å². The average molecular weight is 406 g/mol. The van der Waals surface area contributed by atoms with Crippen LogP contribution in [0.25, 0.3) is 11.4 Å². The molecule has 0 atom stereocenters. The smallest absolute Gasteiger partial charge is 0.254 e. The minimum Gasteiger partial charge on any atom is -0.368 e. The summed E-state index contributed by atoms with van der Waals surface area (Å²) in [6, 6.07) is 17.2. The molecule has 4 rings (SSSR count). The van der Waals surface area contributed by atoms with Gasteiger partial charge in [0.05, 0.1) is 0 Å². The molecule has 3 aromatic rings. The second-order valence-corrected chi connectivity index (χ2v) is 7.36. The maximum absolute atomic E-state index is 13.1. The van der Waals surface area contributed by atoms with Crippen LogP contribution in [0, 0.1) is 12.7 Å².